The Kier molecular flexibility index (Phi) is 5.18. The standard InChI is InChI=1S/C21H28N4O/c1-16-14-18(6-5-9-24-10-12-26-13-11-24)23-25(16)21-15-22-20-8-4-3-7-19(20)17(21)2/h3-4,7-8,14-15,17,21H,5-6,9-13H2,1-2H3. The molecule has 0 radical (unpaired) electrons. The Balaban J connectivity index is 1.42. The van der Waals surface area contributed by atoms with Crippen LogP contribution in [-0.4, -0.2) is 53.7 Å². The van der Waals surface area contributed by atoms with E-state index in [2.05, 4.69) is 65.0 Å². The third-order valence-corrected chi connectivity index (χ3v) is 5.57. The predicted molar refractivity (Wildman–Crippen MR) is 105 cm³/mol. The van der Waals surface area contributed by atoms with Gasteiger partial charge in [-0.05, 0) is 44.0 Å². The van der Waals surface area contributed by atoms with Crippen molar-refractivity contribution >= 4 is 11.9 Å². The second kappa shape index (κ2) is 7.72. The Bertz CT molecular complexity index is 776. The highest BCUT2D eigenvalue weighted by Gasteiger charge is 2.26. The fourth-order valence-electron chi connectivity index (χ4n) is 4.02. The number of morpholine rings is 1. The van der Waals surface area contributed by atoms with Gasteiger partial charge in [0.05, 0.1) is 30.6 Å². The van der Waals surface area contributed by atoms with Gasteiger partial charge in [0.15, 0.2) is 0 Å². The summed E-state index contributed by atoms with van der Waals surface area (Å²) in [6.07, 6.45) is 4.23. The highest BCUT2D eigenvalue weighted by atomic mass is 16.5. The van der Waals surface area contributed by atoms with Crippen LogP contribution >= 0.6 is 0 Å². The maximum Gasteiger partial charge on any atom is 0.0939 e. The highest BCUT2D eigenvalue weighted by molar-refractivity contribution is 5.74. The van der Waals surface area contributed by atoms with Crippen LogP contribution in [0.4, 0.5) is 5.69 Å². The van der Waals surface area contributed by atoms with E-state index in [4.69, 9.17) is 9.84 Å². The number of nitrogens with zero attached hydrogens (tertiary/aromatic N) is 4. The van der Waals surface area contributed by atoms with Crippen molar-refractivity contribution < 1.29 is 4.74 Å². The van der Waals surface area contributed by atoms with Crippen molar-refractivity contribution in [3.8, 4) is 0 Å². The maximum absolute atomic E-state index is 5.42. The summed E-state index contributed by atoms with van der Waals surface area (Å²) in [6, 6.07) is 10.9. The van der Waals surface area contributed by atoms with Crippen LogP contribution < -0.4 is 0 Å². The van der Waals surface area contributed by atoms with Gasteiger partial charge in [-0.2, -0.15) is 5.10 Å². The molecule has 138 valence electrons. The molecule has 2 aliphatic rings. The number of aromatic nitrogens is 2. The first kappa shape index (κ1) is 17.4. The summed E-state index contributed by atoms with van der Waals surface area (Å²) >= 11 is 0. The fourth-order valence-corrected chi connectivity index (χ4v) is 4.02. The Morgan fingerprint density at radius 2 is 2.00 bits per heavy atom. The Hall–Kier alpha value is -1.98. The molecule has 1 saturated heterocycles. The minimum atomic E-state index is 0.192. The first-order valence-electron chi connectivity index (χ1n) is 9.70. The molecule has 2 aliphatic heterocycles. The lowest BCUT2D eigenvalue weighted by Crippen LogP contribution is -2.36. The third kappa shape index (κ3) is 3.60. The van der Waals surface area contributed by atoms with Gasteiger partial charge in [-0.1, -0.05) is 25.1 Å². The van der Waals surface area contributed by atoms with Crippen molar-refractivity contribution in [2.24, 2.45) is 4.99 Å². The third-order valence-electron chi connectivity index (χ3n) is 5.57. The number of aliphatic imine (C=N–C) groups is 1. The molecule has 5 nitrogen and oxygen atoms in total. The van der Waals surface area contributed by atoms with Gasteiger partial charge in [-0.15, -0.1) is 0 Å². The number of rotatable bonds is 5. The summed E-state index contributed by atoms with van der Waals surface area (Å²) in [4.78, 5) is 7.16. The molecule has 0 saturated carbocycles. The SMILES string of the molecule is Cc1cc(CCCN2CCOCC2)nn1C1C=Nc2ccccc2C1C. The maximum atomic E-state index is 5.42. The van der Waals surface area contributed by atoms with E-state index in [0.29, 0.717) is 5.92 Å². The van der Waals surface area contributed by atoms with Gasteiger partial charge < -0.3 is 4.74 Å². The molecule has 1 aromatic heterocycles. The molecule has 2 unspecified atom stereocenters. The molecule has 0 spiro atoms. The molecule has 1 aromatic carbocycles. The van der Waals surface area contributed by atoms with Gasteiger partial charge >= 0.3 is 0 Å². The first-order chi connectivity index (χ1) is 12.7. The van der Waals surface area contributed by atoms with Crippen molar-refractivity contribution in [2.75, 3.05) is 32.8 Å². The molecule has 3 heterocycles. The van der Waals surface area contributed by atoms with E-state index in [1.165, 1.54) is 17.0 Å². The minimum absolute atomic E-state index is 0.192. The largest absolute Gasteiger partial charge is 0.379 e. The smallest absolute Gasteiger partial charge is 0.0939 e. The molecule has 0 N–H and O–H groups in total. The zero-order valence-electron chi connectivity index (χ0n) is 15.8. The van der Waals surface area contributed by atoms with E-state index < -0.39 is 0 Å². The van der Waals surface area contributed by atoms with Gasteiger partial charge in [0, 0.05) is 30.9 Å². The van der Waals surface area contributed by atoms with E-state index in [-0.39, 0.29) is 6.04 Å². The van der Waals surface area contributed by atoms with Crippen molar-refractivity contribution in [2.45, 2.75) is 38.6 Å². The summed E-state index contributed by atoms with van der Waals surface area (Å²) in [6.45, 7) is 9.41. The molecule has 5 heteroatoms. The summed E-state index contributed by atoms with van der Waals surface area (Å²) in [7, 11) is 0. The molecule has 2 aromatic rings. The average molecular weight is 352 g/mol. The molecular formula is C21H28N4O. The summed E-state index contributed by atoms with van der Waals surface area (Å²) in [5.41, 5.74) is 4.81. The number of aryl methyl sites for hydroxylation is 2. The molecule has 0 aliphatic carbocycles. The lowest BCUT2D eigenvalue weighted by molar-refractivity contribution is 0.0374. The van der Waals surface area contributed by atoms with Crippen molar-refractivity contribution in [3.05, 3.63) is 47.3 Å². The van der Waals surface area contributed by atoms with Gasteiger partial charge in [-0.25, -0.2) is 0 Å². The molecule has 1 fully saturated rings. The van der Waals surface area contributed by atoms with Crippen LogP contribution in [0.3, 0.4) is 0 Å². The highest BCUT2D eigenvalue weighted by Crippen LogP contribution is 2.37. The normalized spacial score (nSPS) is 23.2. The monoisotopic (exact) mass is 352 g/mol. The van der Waals surface area contributed by atoms with E-state index >= 15 is 0 Å². The fraction of sp³-hybridized carbons (Fsp3) is 0.524. The van der Waals surface area contributed by atoms with Crippen LogP contribution in [0.15, 0.2) is 35.3 Å². The predicted octanol–water partition coefficient (Wildman–Crippen LogP) is 3.52. The van der Waals surface area contributed by atoms with Crippen LogP contribution in [0.2, 0.25) is 0 Å². The molecular weight excluding hydrogens is 324 g/mol. The first-order valence-corrected chi connectivity index (χ1v) is 9.70. The number of para-hydroxylation sites is 1. The van der Waals surface area contributed by atoms with Crippen LogP contribution in [0.5, 0.6) is 0 Å². The van der Waals surface area contributed by atoms with Crippen LogP contribution in [0.25, 0.3) is 0 Å². The number of ether oxygens (including phenoxy) is 1. The second-order valence-corrected chi connectivity index (χ2v) is 7.40. The van der Waals surface area contributed by atoms with Gasteiger partial charge in [0.2, 0.25) is 0 Å². The van der Waals surface area contributed by atoms with Crippen LogP contribution in [0.1, 0.15) is 42.3 Å². The molecule has 26 heavy (non-hydrogen) atoms. The van der Waals surface area contributed by atoms with Crippen molar-refractivity contribution in [3.63, 3.8) is 0 Å². The van der Waals surface area contributed by atoms with Gasteiger partial charge in [0.1, 0.15) is 0 Å². The molecule has 2 atom stereocenters. The van der Waals surface area contributed by atoms with Crippen molar-refractivity contribution in [1.82, 2.24) is 14.7 Å². The summed E-state index contributed by atoms with van der Waals surface area (Å²) in [5, 5.41) is 4.92. The Morgan fingerprint density at radius 1 is 1.19 bits per heavy atom. The van der Waals surface area contributed by atoms with E-state index in [9.17, 15) is 0 Å². The van der Waals surface area contributed by atoms with E-state index in [1.807, 2.05) is 0 Å². The zero-order chi connectivity index (χ0) is 17.9. The van der Waals surface area contributed by atoms with Gasteiger partial charge in [0.25, 0.3) is 0 Å². The second-order valence-electron chi connectivity index (χ2n) is 7.40. The van der Waals surface area contributed by atoms with E-state index in [0.717, 1.165) is 51.4 Å². The van der Waals surface area contributed by atoms with E-state index in [1.54, 1.807) is 0 Å². The lowest BCUT2D eigenvalue weighted by Gasteiger charge is -2.27. The van der Waals surface area contributed by atoms with Crippen LogP contribution in [-0.2, 0) is 11.2 Å². The summed E-state index contributed by atoms with van der Waals surface area (Å²) in [5.74, 6) is 0.378. The minimum Gasteiger partial charge on any atom is -0.379 e. The Morgan fingerprint density at radius 3 is 2.85 bits per heavy atom. The van der Waals surface area contributed by atoms with Crippen molar-refractivity contribution in [1.29, 1.82) is 0 Å². The quantitative estimate of drug-likeness (QED) is 0.827. The number of fused-ring (bicyclic) bond motifs is 1. The lowest BCUT2D eigenvalue weighted by atomic mass is 9.90. The molecule has 0 bridgehead atoms. The number of hydrogen-bond acceptors (Lipinski definition) is 4. The zero-order valence-corrected chi connectivity index (χ0v) is 15.8. The van der Waals surface area contributed by atoms with Gasteiger partial charge in [-0.3, -0.25) is 14.6 Å². The summed E-state index contributed by atoms with van der Waals surface area (Å²) < 4.78 is 7.58. The molecule has 4 rings (SSSR count). The number of hydrogen-bond donors (Lipinski definition) is 0. The topological polar surface area (TPSA) is 42.6 Å². The Labute approximate surface area is 155 Å². The van der Waals surface area contributed by atoms with Crippen LogP contribution in [0, 0.1) is 6.92 Å². The molecule has 0 amide bonds. The number of benzene rings is 1. The average Bonchev–Trinajstić information content (AvgIpc) is 3.03.